The number of nitrogens with zero attached hydrogens (tertiary/aromatic N) is 2. The van der Waals surface area contributed by atoms with Crippen LogP contribution in [0.15, 0.2) is 23.3 Å². The van der Waals surface area contributed by atoms with Crippen molar-refractivity contribution in [1.29, 1.82) is 0 Å². The Kier molecular flexibility index (Phi) is 5.89. The zero-order valence-corrected chi connectivity index (χ0v) is 15.5. The Labute approximate surface area is 151 Å². The van der Waals surface area contributed by atoms with Gasteiger partial charge in [-0.15, -0.1) is 0 Å². The largest absolute Gasteiger partial charge is 0.461 e. The van der Waals surface area contributed by atoms with E-state index >= 15 is 0 Å². The van der Waals surface area contributed by atoms with Crippen LogP contribution in [0, 0.1) is 0 Å². The Morgan fingerprint density at radius 3 is 2.72 bits per heavy atom. The molecule has 1 aliphatic heterocycles. The molecule has 1 aliphatic rings. The molecule has 8 heteroatoms. The third kappa shape index (κ3) is 5.09. The Bertz CT molecular complexity index is 698. The Hall–Kier alpha value is -2.28. The molecule has 2 rings (SSSR count). The summed E-state index contributed by atoms with van der Waals surface area (Å²) in [6.45, 7) is 7.97. The maximum absolute atomic E-state index is 12.3. The highest BCUT2D eigenvalue weighted by atomic mass is 35.5. The van der Waals surface area contributed by atoms with E-state index in [4.69, 9.17) is 21.1 Å². The van der Waals surface area contributed by atoms with Gasteiger partial charge < -0.3 is 9.47 Å². The molecule has 0 aromatic heterocycles. The van der Waals surface area contributed by atoms with Crippen molar-refractivity contribution in [2.75, 3.05) is 23.5 Å². The van der Waals surface area contributed by atoms with Crippen molar-refractivity contribution in [3.8, 4) is 0 Å². The van der Waals surface area contributed by atoms with Crippen molar-refractivity contribution < 1.29 is 19.1 Å². The molecule has 1 N–H and O–H groups in total. The predicted molar refractivity (Wildman–Crippen MR) is 97.3 cm³/mol. The van der Waals surface area contributed by atoms with Crippen molar-refractivity contribution in [1.82, 2.24) is 0 Å². The number of amides is 1. The number of ether oxygens (including phenoxy) is 2. The van der Waals surface area contributed by atoms with Gasteiger partial charge in [-0.05, 0) is 57.9 Å². The number of hydrogen-bond acceptors (Lipinski definition) is 6. The smallest absolute Gasteiger partial charge is 0.414 e. The zero-order valence-electron chi connectivity index (χ0n) is 14.8. The number of carbonyl (C=O) groups is 2. The van der Waals surface area contributed by atoms with Crippen molar-refractivity contribution in [2.45, 2.75) is 39.7 Å². The van der Waals surface area contributed by atoms with Crippen molar-refractivity contribution in [3.63, 3.8) is 0 Å². The molecule has 0 bridgehead atoms. The first-order valence-corrected chi connectivity index (χ1v) is 8.39. The van der Waals surface area contributed by atoms with Gasteiger partial charge in [0.05, 0.1) is 18.0 Å². The fourth-order valence-corrected chi connectivity index (χ4v) is 2.42. The first kappa shape index (κ1) is 19.1. The fraction of sp³-hybridized carbons (Fsp3) is 0.471. The minimum absolute atomic E-state index is 0.226. The maximum Gasteiger partial charge on any atom is 0.414 e. The van der Waals surface area contributed by atoms with E-state index in [1.54, 1.807) is 17.9 Å². The monoisotopic (exact) mass is 367 g/mol. The standard InChI is InChI=1S/C17H22ClN3O4/c1-5-24-15(22)14(18)20-19-12-6-7-13-11(10-12)8-9-21(13)16(23)25-17(2,3)4/h6-7,10,19H,5,8-9H2,1-4H3/b20-14-. The van der Waals surface area contributed by atoms with Gasteiger partial charge in [-0.3, -0.25) is 10.3 Å². The average Bonchev–Trinajstić information content (AvgIpc) is 2.94. The van der Waals surface area contributed by atoms with Gasteiger partial charge in [0.15, 0.2) is 0 Å². The molecule has 1 aromatic carbocycles. The molecule has 0 aliphatic carbocycles. The molecule has 1 amide bonds. The number of halogens is 1. The Morgan fingerprint density at radius 1 is 1.36 bits per heavy atom. The van der Waals surface area contributed by atoms with Crippen LogP contribution in [0.1, 0.15) is 33.3 Å². The lowest BCUT2D eigenvalue weighted by Gasteiger charge is -2.24. The predicted octanol–water partition coefficient (Wildman–Crippen LogP) is 3.51. The summed E-state index contributed by atoms with van der Waals surface area (Å²) < 4.78 is 10.2. The summed E-state index contributed by atoms with van der Waals surface area (Å²) in [5.74, 6) is -0.686. The van der Waals surface area contributed by atoms with Crippen LogP contribution in [0.5, 0.6) is 0 Å². The SMILES string of the molecule is CCOC(=O)/C(Cl)=N/Nc1ccc2c(c1)CCN2C(=O)OC(C)(C)C. The van der Waals surface area contributed by atoms with Crippen LogP contribution >= 0.6 is 11.6 Å². The van der Waals surface area contributed by atoms with Gasteiger partial charge in [0, 0.05) is 6.54 Å². The van der Waals surface area contributed by atoms with Gasteiger partial charge >= 0.3 is 12.1 Å². The molecule has 0 saturated carbocycles. The average molecular weight is 368 g/mol. The molecule has 0 saturated heterocycles. The lowest BCUT2D eigenvalue weighted by molar-refractivity contribution is -0.134. The summed E-state index contributed by atoms with van der Waals surface area (Å²) in [5, 5.41) is 3.51. The third-order valence-corrected chi connectivity index (χ3v) is 3.55. The van der Waals surface area contributed by atoms with E-state index in [9.17, 15) is 9.59 Å². The summed E-state index contributed by atoms with van der Waals surface area (Å²) in [5.41, 5.74) is 4.62. The second-order valence-corrected chi connectivity index (χ2v) is 6.82. The summed E-state index contributed by atoms with van der Waals surface area (Å²) >= 11 is 5.75. The second-order valence-electron chi connectivity index (χ2n) is 6.46. The highest BCUT2D eigenvalue weighted by molar-refractivity contribution is 6.82. The molecule has 0 fully saturated rings. The molecule has 25 heavy (non-hydrogen) atoms. The van der Waals surface area contributed by atoms with E-state index in [1.165, 1.54) is 0 Å². The topological polar surface area (TPSA) is 80.2 Å². The molecule has 0 radical (unpaired) electrons. The van der Waals surface area contributed by atoms with Crippen LogP contribution in [-0.4, -0.2) is 36.0 Å². The number of carbonyl (C=O) groups excluding carboxylic acids is 2. The van der Waals surface area contributed by atoms with Gasteiger partial charge in [-0.2, -0.15) is 5.10 Å². The molecule has 136 valence electrons. The summed E-state index contributed by atoms with van der Waals surface area (Å²) in [6, 6.07) is 5.42. The third-order valence-electron chi connectivity index (χ3n) is 3.32. The van der Waals surface area contributed by atoms with Crippen molar-refractivity contribution in [2.24, 2.45) is 5.10 Å². The fourth-order valence-electron chi connectivity index (χ4n) is 2.33. The quantitative estimate of drug-likeness (QED) is 0.500. The first-order valence-electron chi connectivity index (χ1n) is 8.01. The first-order chi connectivity index (χ1) is 11.7. The number of fused-ring (bicyclic) bond motifs is 1. The number of benzene rings is 1. The minimum Gasteiger partial charge on any atom is -0.461 e. The second kappa shape index (κ2) is 7.74. The van der Waals surface area contributed by atoms with Gasteiger partial charge in [0.25, 0.3) is 0 Å². The van der Waals surface area contributed by atoms with Crippen molar-refractivity contribution in [3.05, 3.63) is 23.8 Å². The maximum atomic E-state index is 12.3. The van der Waals surface area contributed by atoms with Crippen LogP contribution in [0.3, 0.4) is 0 Å². The van der Waals surface area contributed by atoms with Gasteiger partial charge in [0.2, 0.25) is 5.17 Å². The molecule has 0 atom stereocenters. The summed E-state index contributed by atoms with van der Waals surface area (Å²) in [4.78, 5) is 25.3. The molecule has 0 spiro atoms. The molecule has 1 aromatic rings. The van der Waals surface area contributed by atoms with Crippen molar-refractivity contribution >= 4 is 40.2 Å². The normalized spacial score (nSPS) is 14.1. The highest BCUT2D eigenvalue weighted by Crippen LogP contribution is 2.31. The molecular formula is C17H22ClN3O4. The van der Waals surface area contributed by atoms with E-state index in [2.05, 4.69) is 10.5 Å². The Balaban J connectivity index is 2.07. The van der Waals surface area contributed by atoms with Crippen LogP contribution in [0.25, 0.3) is 0 Å². The lowest BCUT2D eigenvalue weighted by Crippen LogP contribution is -2.35. The summed E-state index contributed by atoms with van der Waals surface area (Å²) in [7, 11) is 0. The number of hydrogen-bond donors (Lipinski definition) is 1. The zero-order chi connectivity index (χ0) is 18.6. The highest BCUT2D eigenvalue weighted by Gasteiger charge is 2.28. The van der Waals surface area contributed by atoms with E-state index < -0.39 is 11.6 Å². The number of esters is 1. The number of rotatable bonds is 4. The summed E-state index contributed by atoms with van der Waals surface area (Å²) in [6.07, 6.45) is 0.342. The van der Waals surface area contributed by atoms with Crippen LogP contribution < -0.4 is 10.3 Å². The van der Waals surface area contributed by atoms with Gasteiger partial charge in [-0.1, -0.05) is 11.6 Å². The molecule has 7 nitrogen and oxygen atoms in total. The van der Waals surface area contributed by atoms with E-state index in [-0.39, 0.29) is 17.9 Å². The van der Waals surface area contributed by atoms with Crippen LogP contribution in [0.2, 0.25) is 0 Å². The van der Waals surface area contributed by atoms with E-state index in [0.29, 0.717) is 18.7 Å². The van der Waals surface area contributed by atoms with E-state index in [0.717, 1.165) is 11.3 Å². The van der Waals surface area contributed by atoms with E-state index in [1.807, 2.05) is 32.9 Å². The van der Waals surface area contributed by atoms with Gasteiger partial charge in [0.1, 0.15) is 5.60 Å². The molecular weight excluding hydrogens is 346 g/mol. The van der Waals surface area contributed by atoms with Crippen LogP contribution in [-0.2, 0) is 20.7 Å². The molecule has 1 heterocycles. The van der Waals surface area contributed by atoms with Crippen LogP contribution in [0.4, 0.5) is 16.2 Å². The number of nitrogens with one attached hydrogen (secondary N) is 1. The lowest BCUT2D eigenvalue weighted by atomic mass is 10.1. The molecule has 0 unspecified atom stereocenters. The van der Waals surface area contributed by atoms with Gasteiger partial charge in [-0.25, -0.2) is 9.59 Å². The Morgan fingerprint density at radius 2 is 2.08 bits per heavy atom. The number of anilines is 2. The number of hydrazone groups is 1. The minimum atomic E-state index is -0.686.